The number of hydrogen-bond donors (Lipinski definition) is 2. The van der Waals surface area contributed by atoms with Crippen LogP contribution in [0.15, 0.2) is 24.3 Å². The van der Waals surface area contributed by atoms with Crippen molar-refractivity contribution in [1.29, 1.82) is 0 Å². The van der Waals surface area contributed by atoms with E-state index in [1.54, 1.807) is 0 Å². The largest absolute Gasteiger partial charge is 0.336 e. The highest BCUT2D eigenvalue weighted by Crippen LogP contribution is 2.21. The molecule has 6 nitrogen and oxygen atoms in total. The number of benzene rings is 1. The van der Waals surface area contributed by atoms with E-state index in [-0.39, 0.29) is 5.91 Å². The summed E-state index contributed by atoms with van der Waals surface area (Å²) in [5.74, 6) is 0.245. The number of likely N-dealkylation sites (tertiary alicyclic amines) is 1. The minimum atomic E-state index is 0.245. The van der Waals surface area contributed by atoms with Crippen molar-refractivity contribution in [3.05, 3.63) is 30.0 Å². The predicted molar refractivity (Wildman–Crippen MR) is 89.0 cm³/mol. The number of piperidine rings is 1. The number of nitrogens with one attached hydrogen (secondary N) is 2. The Morgan fingerprint density at radius 3 is 3.09 bits per heavy atom. The SMILES string of the molecule is O=C1CNCCN1C1CCCN(Cc2[nH]nc3ccccc23)C1. The van der Waals surface area contributed by atoms with Crippen LogP contribution in [0.1, 0.15) is 18.5 Å². The lowest BCUT2D eigenvalue weighted by molar-refractivity contribution is -0.135. The molecule has 23 heavy (non-hydrogen) atoms. The van der Waals surface area contributed by atoms with Gasteiger partial charge in [0.25, 0.3) is 0 Å². The summed E-state index contributed by atoms with van der Waals surface area (Å²) in [6, 6.07) is 8.58. The Morgan fingerprint density at radius 1 is 1.26 bits per heavy atom. The number of fused-ring (bicyclic) bond motifs is 1. The van der Waals surface area contributed by atoms with E-state index in [2.05, 4.69) is 37.4 Å². The first-order chi connectivity index (χ1) is 11.3. The van der Waals surface area contributed by atoms with Gasteiger partial charge in [-0.25, -0.2) is 0 Å². The van der Waals surface area contributed by atoms with E-state index in [1.807, 2.05) is 12.1 Å². The maximum atomic E-state index is 12.1. The number of amides is 1. The van der Waals surface area contributed by atoms with Crippen LogP contribution in [-0.4, -0.2) is 64.7 Å². The molecule has 0 spiro atoms. The van der Waals surface area contributed by atoms with E-state index in [0.29, 0.717) is 12.6 Å². The molecule has 6 heteroatoms. The Labute approximate surface area is 135 Å². The average Bonchev–Trinajstić information content (AvgIpc) is 2.99. The van der Waals surface area contributed by atoms with Crippen LogP contribution in [-0.2, 0) is 11.3 Å². The van der Waals surface area contributed by atoms with E-state index < -0.39 is 0 Å². The first kappa shape index (κ1) is 14.7. The molecule has 1 aromatic heterocycles. The van der Waals surface area contributed by atoms with Crippen molar-refractivity contribution in [1.82, 2.24) is 25.3 Å². The number of rotatable bonds is 3. The quantitative estimate of drug-likeness (QED) is 0.886. The Balaban J connectivity index is 1.46. The highest BCUT2D eigenvalue weighted by atomic mass is 16.2. The summed E-state index contributed by atoms with van der Waals surface area (Å²) in [5.41, 5.74) is 2.20. The fraction of sp³-hybridized carbons (Fsp3) is 0.529. The lowest BCUT2D eigenvalue weighted by Gasteiger charge is -2.41. The Morgan fingerprint density at radius 2 is 2.17 bits per heavy atom. The Hall–Kier alpha value is -1.92. The fourth-order valence-corrected chi connectivity index (χ4v) is 3.79. The van der Waals surface area contributed by atoms with Gasteiger partial charge in [0.15, 0.2) is 0 Å². The third-order valence-corrected chi connectivity index (χ3v) is 4.97. The molecule has 0 aliphatic carbocycles. The smallest absolute Gasteiger partial charge is 0.236 e. The molecule has 0 saturated carbocycles. The number of aromatic nitrogens is 2. The molecular formula is C17H23N5O. The van der Waals surface area contributed by atoms with Crippen LogP contribution in [0.3, 0.4) is 0 Å². The molecule has 0 radical (unpaired) electrons. The van der Waals surface area contributed by atoms with Crippen LogP contribution >= 0.6 is 0 Å². The molecule has 4 rings (SSSR count). The van der Waals surface area contributed by atoms with E-state index in [0.717, 1.165) is 51.1 Å². The third kappa shape index (κ3) is 2.96. The summed E-state index contributed by atoms with van der Waals surface area (Å²) in [5, 5.41) is 11.9. The first-order valence-corrected chi connectivity index (χ1v) is 8.46. The van der Waals surface area contributed by atoms with Crippen LogP contribution in [0, 0.1) is 0 Å². The minimum absolute atomic E-state index is 0.245. The Bertz CT molecular complexity index is 697. The molecule has 122 valence electrons. The molecule has 2 aromatic rings. The maximum Gasteiger partial charge on any atom is 0.236 e. The number of hydrogen-bond acceptors (Lipinski definition) is 4. The van der Waals surface area contributed by atoms with Gasteiger partial charge in [-0.05, 0) is 25.5 Å². The minimum Gasteiger partial charge on any atom is -0.336 e. The van der Waals surface area contributed by atoms with Crippen molar-refractivity contribution in [2.45, 2.75) is 25.4 Å². The van der Waals surface area contributed by atoms with Crippen LogP contribution in [0.5, 0.6) is 0 Å². The number of nitrogens with zero attached hydrogens (tertiary/aromatic N) is 3. The van der Waals surface area contributed by atoms with Gasteiger partial charge in [-0.3, -0.25) is 14.8 Å². The average molecular weight is 313 g/mol. The second kappa shape index (κ2) is 6.29. The van der Waals surface area contributed by atoms with E-state index in [9.17, 15) is 4.79 Å². The maximum absolute atomic E-state index is 12.1. The van der Waals surface area contributed by atoms with Crippen molar-refractivity contribution in [2.24, 2.45) is 0 Å². The van der Waals surface area contributed by atoms with Crippen molar-refractivity contribution in [3.63, 3.8) is 0 Å². The summed E-state index contributed by atoms with van der Waals surface area (Å²) >= 11 is 0. The lowest BCUT2D eigenvalue weighted by Crippen LogP contribution is -2.56. The highest BCUT2D eigenvalue weighted by molar-refractivity contribution is 5.81. The van der Waals surface area contributed by atoms with E-state index >= 15 is 0 Å². The normalized spacial score (nSPS) is 23.6. The molecule has 0 bridgehead atoms. The van der Waals surface area contributed by atoms with Crippen LogP contribution in [0.2, 0.25) is 0 Å². The van der Waals surface area contributed by atoms with Crippen LogP contribution < -0.4 is 5.32 Å². The molecule has 1 aromatic carbocycles. The van der Waals surface area contributed by atoms with Gasteiger partial charge in [-0.2, -0.15) is 5.10 Å². The number of piperazine rings is 1. The van der Waals surface area contributed by atoms with Gasteiger partial charge in [-0.15, -0.1) is 0 Å². The molecule has 2 saturated heterocycles. The van der Waals surface area contributed by atoms with Gasteiger partial charge in [0, 0.05) is 37.6 Å². The first-order valence-electron chi connectivity index (χ1n) is 8.46. The molecule has 2 aliphatic heterocycles. The third-order valence-electron chi connectivity index (χ3n) is 4.97. The molecular weight excluding hydrogens is 290 g/mol. The molecule has 1 amide bonds. The number of carbonyl (C=O) groups is 1. The van der Waals surface area contributed by atoms with Gasteiger partial charge in [0.2, 0.25) is 5.91 Å². The lowest BCUT2D eigenvalue weighted by atomic mass is 10.0. The number of carbonyl (C=O) groups excluding carboxylic acids is 1. The number of aromatic amines is 1. The summed E-state index contributed by atoms with van der Waals surface area (Å²) in [7, 11) is 0. The van der Waals surface area contributed by atoms with Crippen molar-refractivity contribution in [3.8, 4) is 0 Å². The fourth-order valence-electron chi connectivity index (χ4n) is 3.79. The summed E-state index contributed by atoms with van der Waals surface area (Å²) in [6.07, 6.45) is 2.26. The zero-order chi connectivity index (χ0) is 15.6. The van der Waals surface area contributed by atoms with Crippen molar-refractivity contribution < 1.29 is 4.79 Å². The Kier molecular flexibility index (Phi) is 4.01. The highest BCUT2D eigenvalue weighted by Gasteiger charge is 2.30. The van der Waals surface area contributed by atoms with Crippen molar-refractivity contribution >= 4 is 16.8 Å². The number of para-hydroxylation sites is 1. The van der Waals surface area contributed by atoms with Gasteiger partial charge in [0.1, 0.15) is 0 Å². The summed E-state index contributed by atoms with van der Waals surface area (Å²) in [4.78, 5) is 16.6. The monoisotopic (exact) mass is 313 g/mol. The molecule has 2 aliphatic rings. The number of H-pyrrole nitrogens is 1. The topological polar surface area (TPSA) is 64.3 Å². The van der Waals surface area contributed by atoms with Crippen LogP contribution in [0.25, 0.3) is 10.9 Å². The molecule has 1 atom stereocenters. The predicted octanol–water partition coefficient (Wildman–Crippen LogP) is 0.959. The van der Waals surface area contributed by atoms with Crippen molar-refractivity contribution in [2.75, 3.05) is 32.7 Å². The molecule has 2 N–H and O–H groups in total. The van der Waals surface area contributed by atoms with Gasteiger partial charge in [-0.1, -0.05) is 18.2 Å². The van der Waals surface area contributed by atoms with Gasteiger partial charge >= 0.3 is 0 Å². The van der Waals surface area contributed by atoms with Gasteiger partial charge < -0.3 is 10.2 Å². The zero-order valence-corrected chi connectivity index (χ0v) is 13.3. The standard InChI is InChI=1S/C17H23N5O/c23-17-10-18-7-9-22(17)13-4-3-8-21(11-13)12-16-14-5-1-2-6-15(14)19-20-16/h1-2,5-6,13,18H,3-4,7-12H2,(H,19,20). The summed E-state index contributed by atoms with van der Waals surface area (Å²) in [6.45, 7) is 5.15. The summed E-state index contributed by atoms with van der Waals surface area (Å²) < 4.78 is 0. The second-order valence-corrected chi connectivity index (χ2v) is 6.51. The van der Waals surface area contributed by atoms with E-state index in [4.69, 9.17) is 0 Å². The van der Waals surface area contributed by atoms with Crippen LogP contribution in [0.4, 0.5) is 0 Å². The van der Waals surface area contributed by atoms with E-state index in [1.165, 1.54) is 11.1 Å². The molecule has 2 fully saturated rings. The van der Waals surface area contributed by atoms with Gasteiger partial charge in [0.05, 0.1) is 17.8 Å². The molecule has 3 heterocycles. The zero-order valence-electron chi connectivity index (χ0n) is 13.3. The second-order valence-electron chi connectivity index (χ2n) is 6.51. The molecule has 1 unspecified atom stereocenters.